The highest BCUT2D eigenvalue weighted by molar-refractivity contribution is 9.10. The van der Waals surface area contributed by atoms with Crippen LogP contribution >= 0.6 is 15.9 Å². The summed E-state index contributed by atoms with van der Waals surface area (Å²) in [5, 5.41) is 2.87. The highest BCUT2D eigenvalue weighted by atomic mass is 79.9. The van der Waals surface area contributed by atoms with E-state index >= 15 is 0 Å². The molecule has 2 rings (SSSR count). The first-order valence-corrected chi connectivity index (χ1v) is 7.60. The first-order chi connectivity index (χ1) is 10.6. The zero-order valence-corrected chi connectivity index (χ0v) is 13.7. The third-order valence-corrected chi connectivity index (χ3v) is 3.66. The van der Waals surface area contributed by atoms with Crippen molar-refractivity contribution in [2.24, 2.45) is 0 Å². The fourth-order valence-corrected chi connectivity index (χ4v) is 2.17. The van der Waals surface area contributed by atoms with Crippen LogP contribution in [0.15, 0.2) is 53.0 Å². The lowest BCUT2D eigenvalue weighted by Crippen LogP contribution is -2.31. The number of hydrogen-bond acceptors (Lipinski definition) is 3. The quantitative estimate of drug-likeness (QED) is 0.800. The number of ether oxygens (including phenoxy) is 1. The molecule has 0 radical (unpaired) electrons. The molecule has 5 heteroatoms. The summed E-state index contributed by atoms with van der Waals surface area (Å²) >= 11 is 3.38. The van der Waals surface area contributed by atoms with Gasteiger partial charge in [-0.1, -0.05) is 28.1 Å². The Bertz CT molecular complexity index is 638. The Balaban J connectivity index is 1.84. The van der Waals surface area contributed by atoms with Gasteiger partial charge in [0.25, 0.3) is 5.91 Å². The highest BCUT2D eigenvalue weighted by Crippen LogP contribution is 2.16. The molecule has 0 saturated heterocycles. The van der Waals surface area contributed by atoms with Crippen LogP contribution in [0.25, 0.3) is 0 Å². The van der Waals surface area contributed by atoms with Crippen LogP contribution in [0.3, 0.4) is 0 Å². The van der Waals surface area contributed by atoms with E-state index < -0.39 is 0 Å². The summed E-state index contributed by atoms with van der Waals surface area (Å²) in [5.74, 6) is 0.354. The van der Waals surface area contributed by atoms with Crippen molar-refractivity contribution in [1.29, 1.82) is 0 Å². The number of carbonyl (C=O) groups is 2. The molecule has 0 spiro atoms. The van der Waals surface area contributed by atoms with Gasteiger partial charge < -0.3 is 10.1 Å². The normalized spacial score (nSPS) is 11.5. The van der Waals surface area contributed by atoms with Gasteiger partial charge in [0.05, 0.1) is 6.04 Å². The average molecular weight is 362 g/mol. The maximum Gasteiger partial charge on any atom is 0.258 e. The molecule has 114 valence electrons. The minimum absolute atomic E-state index is 0.0682. The Morgan fingerprint density at radius 2 is 1.82 bits per heavy atom. The lowest BCUT2D eigenvalue weighted by Gasteiger charge is -2.15. The molecule has 0 heterocycles. The summed E-state index contributed by atoms with van der Waals surface area (Å²) in [5.41, 5.74) is 1.59. The number of rotatable bonds is 6. The van der Waals surface area contributed by atoms with Crippen LogP contribution in [-0.2, 0) is 4.79 Å². The topological polar surface area (TPSA) is 55.4 Å². The predicted octanol–water partition coefficient (Wildman–Crippen LogP) is 3.52. The minimum atomic E-state index is -0.199. The van der Waals surface area contributed by atoms with Gasteiger partial charge in [0.1, 0.15) is 12.0 Å². The molecule has 1 amide bonds. The van der Waals surface area contributed by atoms with Crippen molar-refractivity contribution in [3.63, 3.8) is 0 Å². The molecule has 0 bridgehead atoms. The molecule has 0 aliphatic carbocycles. The fourth-order valence-electron chi connectivity index (χ4n) is 1.91. The van der Waals surface area contributed by atoms with Gasteiger partial charge in [0.2, 0.25) is 0 Å². The first kappa shape index (κ1) is 16.2. The van der Waals surface area contributed by atoms with Crippen molar-refractivity contribution in [2.75, 3.05) is 6.61 Å². The van der Waals surface area contributed by atoms with E-state index in [1.807, 2.05) is 31.2 Å². The van der Waals surface area contributed by atoms with E-state index in [1.165, 1.54) is 0 Å². The predicted molar refractivity (Wildman–Crippen MR) is 88.0 cm³/mol. The molecule has 2 aromatic carbocycles. The molecule has 1 atom stereocenters. The van der Waals surface area contributed by atoms with Crippen molar-refractivity contribution in [2.45, 2.75) is 13.0 Å². The third-order valence-electron chi connectivity index (χ3n) is 3.13. The summed E-state index contributed by atoms with van der Waals surface area (Å²) in [7, 11) is 0. The fraction of sp³-hybridized carbons (Fsp3) is 0.176. The molecule has 0 aliphatic heterocycles. The number of carbonyl (C=O) groups excluding carboxylic acids is 2. The molecule has 1 unspecified atom stereocenters. The van der Waals surface area contributed by atoms with E-state index in [0.717, 1.165) is 16.3 Å². The molecular formula is C17H16BrNO3. The van der Waals surface area contributed by atoms with E-state index in [9.17, 15) is 9.59 Å². The Hall–Kier alpha value is -2.14. The molecule has 1 N–H and O–H groups in total. The van der Waals surface area contributed by atoms with E-state index in [0.29, 0.717) is 11.3 Å². The largest absolute Gasteiger partial charge is 0.484 e. The molecule has 4 nitrogen and oxygen atoms in total. The van der Waals surface area contributed by atoms with Crippen molar-refractivity contribution in [3.8, 4) is 5.75 Å². The highest BCUT2D eigenvalue weighted by Gasteiger charge is 2.10. The first-order valence-electron chi connectivity index (χ1n) is 6.81. The van der Waals surface area contributed by atoms with Gasteiger partial charge in [0, 0.05) is 10.0 Å². The van der Waals surface area contributed by atoms with Gasteiger partial charge in [-0.25, -0.2) is 0 Å². The Morgan fingerprint density at radius 1 is 1.18 bits per heavy atom. The zero-order valence-electron chi connectivity index (χ0n) is 12.1. The number of nitrogens with one attached hydrogen (secondary N) is 1. The zero-order chi connectivity index (χ0) is 15.9. The van der Waals surface area contributed by atoms with Gasteiger partial charge in [0.15, 0.2) is 6.61 Å². The van der Waals surface area contributed by atoms with Crippen molar-refractivity contribution >= 4 is 28.1 Å². The molecular weight excluding hydrogens is 346 g/mol. The van der Waals surface area contributed by atoms with Crippen LogP contribution in [0.2, 0.25) is 0 Å². The van der Waals surface area contributed by atoms with E-state index in [1.54, 1.807) is 24.3 Å². The Labute approximate surface area is 137 Å². The lowest BCUT2D eigenvalue weighted by molar-refractivity contribution is -0.123. The minimum Gasteiger partial charge on any atom is -0.484 e. The Morgan fingerprint density at radius 3 is 2.41 bits per heavy atom. The maximum atomic E-state index is 11.9. The summed E-state index contributed by atoms with van der Waals surface area (Å²) in [6, 6.07) is 14.3. The summed E-state index contributed by atoms with van der Waals surface area (Å²) in [6.07, 6.45) is 0.760. The van der Waals surface area contributed by atoms with E-state index in [-0.39, 0.29) is 18.6 Å². The molecule has 22 heavy (non-hydrogen) atoms. The maximum absolute atomic E-state index is 11.9. The van der Waals surface area contributed by atoms with Crippen LogP contribution in [0.1, 0.15) is 28.9 Å². The standard InChI is InChI=1S/C17H16BrNO3/c1-12(14-4-6-15(18)7-5-14)19-17(21)11-22-16-8-2-13(10-20)3-9-16/h2-10,12H,11H2,1H3,(H,19,21). The van der Waals surface area contributed by atoms with Gasteiger partial charge in [-0.3, -0.25) is 9.59 Å². The smallest absolute Gasteiger partial charge is 0.258 e. The monoisotopic (exact) mass is 361 g/mol. The second kappa shape index (κ2) is 7.75. The number of amides is 1. The number of halogens is 1. The molecule has 0 aromatic heterocycles. The van der Waals surface area contributed by atoms with Crippen molar-refractivity contribution in [1.82, 2.24) is 5.32 Å². The second-order valence-corrected chi connectivity index (χ2v) is 5.73. The summed E-state index contributed by atoms with van der Waals surface area (Å²) in [4.78, 5) is 22.4. The van der Waals surface area contributed by atoms with Crippen LogP contribution in [0, 0.1) is 0 Å². The Kier molecular flexibility index (Phi) is 5.72. The van der Waals surface area contributed by atoms with Crippen molar-refractivity contribution in [3.05, 3.63) is 64.1 Å². The average Bonchev–Trinajstić information content (AvgIpc) is 2.54. The van der Waals surface area contributed by atoms with Crippen LogP contribution in [0.4, 0.5) is 0 Å². The number of benzene rings is 2. The molecule has 0 saturated carbocycles. The second-order valence-electron chi connectivity index (χ2n) is 4.82. The molecule has 0 fully saturated rings. The van der Waals surface area contributed by atoms with E-state index in [4.69, 9.17) is 4.74 Å². The van der Waals surface area contributed by atoms with E-state index in [2.05, 4.69) is 21.2 Å². The number of hydrogen-bond donors (Lipinski definition) is 1. The van der Waals surface area contributed by atoms with Gasteiger partial charge in [-0.05, 0) is 48.9 Å². The molecule has 2 aromatic rings. The third kappa shape index (κ3) is 4.70. The number of aldehydes is 1. The van der Waals surface area contributed by atoms with Crippen LogP contribution in [-0.4, -0.2) is 18.8 Å². The summed E-state index contributed by atoms with van der Waals surface area (Å²) in [6.45, 7) is 1.85. The van der Waals surface area contributed by atoms with Gasteiger partial charge in [-0.15, -0.1) is 0 Å². The van der Waals surface area contributed by atoms with Crippen LogP contribution in [0.5, 0.6) is 5.75 Å². The van der Waals surface area contributed by atoms with Crippen LogP contribution < -0.4 is 10.1 Å². The van der Waals surface area contributed by atoms with Gasteiger partial charge >= 0.3 is 0 Å². The SMILES string of the molecule is CC(NC(=O)COc1ccc(C=O)cc1)c1ccc(Br)cc1. The summed E-state index contributed by atoms with van der Waals surface area (Å²) < 4.78 is 6.38. The molecule has 0 aliphatic rings. The van der Waals surface area contributed by atoms with Gasteiger partial charge in [-0.2, -0.15) is 0 Å². The van der Waals surface area contributed by atoms with Crippen molar-refractivity contribution < 1.29 is 14.3 Å². The lowest BCUT2D eigenvalue weighted by atomic mass is 10.1.